The van der Waals surface area contributed by atoms with Gasteiger partial charge in [-0.15, -0.1) is 0 Å². The highest BCUT2D eigenvalue weighted by molar-refractivity contribution is 7.51. The minimum atomic E-state index is -4.35. The molecular formula is C18H28N5O8P. The van der Waals surface area contributed by atoms with Crippen LogP contribution in [0.3, 0.4) is 0 Å². The molecule has 0 radical (unpaired) electrons. The maximum atomic E-state index is 11.0. The van der Waals surface area contributed by atoms with Crippen molar-refractivity contribution in [2.75, 3.05) is 38.1 Å². The van der Waals surface area contributed by atoms with E-state index in [1.54, 1.807) is 14.0 Å². The summed E-state index contributed by atoms with van der Waals surface area (Å²) in [6.07, 6.45) is -1.97. The molecule has 13 nitrogen and oxygen atoms in total. The number of fused-ring (bicyclic) bond motifs is 1. The lowest BCUT2D eigenvalue weighted by Gasteiger charge is -2.32. The summed E-state index contributed by atoms with van der Waals surface area (Å²) in [7, 11) is -2.64. The Hall–Kier alpha value is -1.70. The lowest BCUT2D eigenvalue weighted by molar-refractivity contribution is -0.0612. The number of aryl methyl sites for hydroxylation is 1. The molecule has 14 heteroatoms. The molecule has 2 fully saturated rings. The molecular weight excluding hydrogens is 445 g/mol. The van der Waals surface area contributed by atoms with Gasteiger partial charge in [-0.05, 0) is 19.8 Å². The molecule has 2 saturated heterocycles. The number of aliphatic hydroxyl groups excluding tert-OH is 2. The molecule has 2 aliphatic heterocycles. The van der Waals surface area contributed by atoms with Gasteiger partial charge in [-0.3, -0.25) is 9.13 Å². The van der Waals surface area contributed by atoms with Crippen LogP contribution in [0.2, 0.25) is 0 Å². The first kappa shape index (κ1) is 23.5. The van der Waals surface area contributed by atoms with Gasteiger partial charge in [0.25, 0.3) is 0 Å². The fourth-order valence-electron chi connectivity index (χ4n) is 4.10. The zero-order valence-electron chi connectivity index (χ0n) is 17.8. The van der Waals surface area contributed by atoms with Gasteiger partial charge in [0.15, 0.2) is 23.2 Å². The third-order valence-electron chi connectivity index (χ3n) is 5.74. The van der Waals surface area contributed by atoms with Crippen LogP contribution in [0.5, 0.6) is 0 Å². The van der Waals surface area contributed by atoms with E-state index in [9.17, 15) is 14.8 Å². The Morgan fingerprint density at radius 3 is 2.59 bits per heavy atom. The molecule has 32 heavy (non-hydrogen) atoms. The topological polar surface area (TPSA) is 173 Å². The minimum absolute atomic E-state index is 0.218. The Morgan fingerprint density at radius 1 is 1.22 bits per heavy atom. The van der Waals surface area contributed by atoms with E-state index >= 15 is 0 Å². The van der Waals surface area contributed by atoms with Crippen molar-refractivity contribution < 1.29 is 38.8 Å². The van der Waals surface area contributed by atoms with E-state index in [2.05, 4.69) is 19.9 Å². The Labute approximate surface area is 184 Å². The number of imidazole rings is 1. The predicted molar refractivity (Wildman–Crippen MR) is 111 cm³/mol. The largest absolute Gasteiger partial charge is 0.387 e. The Morgan fingerprint density at radius 2 is 1.94 bits per heavy atom. The summed E-state index contributed by atoms with van der Waals surface area (Å²) in [6.45, 7) is 3.00. The number of ether oxygens (including phenoxy) is 3. The summed E-state index contributed by atoms with van der Waals surface area (Å²) in [4.78, 5) is 33.5. The SMILES string of the molecule is COC1CCN(c2nc(C)nc3c2ncn3[C@@H]2O[C@H](COCP(=O)(O)O)[C@@H](O)[C@H]2O)CC1. The molecule has 2 aromatic rings. The van der Waals surface area contributed by atoms with Gasteiger partial charge in [-0.1, -0.05) is 0 Å². The first-order valence-corrected chi connectivity index (χ1v) is 12.1. The predicted octanol–water partition coefficient (Wildman–Crippen LogP) is -0.479. The summed E-state index contributed by atoms with van der Waals surface area (Å²) < 4.78 is 28.7. The van der Waals surface area contributed by atoms with E-state index in [1.165, 1.54) is 10.9 Å². The Kier molecular flexibility index (Phi) is 6.80. The summed E-state index contributed by atoms with van der Waals surface area (Å²) in [5.74, 6) is 1.22. The summed E-state index contributed by atoms with van der Waals surface area (Å²) in [5, 5.41) is 20.9. The molecule has 0 saturated carbocycles. The van der Waals surface area contributed by atoms with E-state index in [0.29, 0.717) is 22.8 Å². The number of aliphatic hydroxyl groups is 2. The molecule has 4 rings (SSSR count). The van der Waals surface area contributed by atoms with Crippen molar-refractivity contribution in [3.05, 3.63) is 12.2 Å². The highest BCUT2D eigenvalue weighted by Gasteiger charge is 2.44. The van der Waals surface area contributed by atoms with E-state index in [4.69, 9.17) is 24.0 Å². The molecule has 4 heterocycles. The zero-order chi connectivity index (χ0) is 23.0. The average Bonchev–Trinajstić information content (AvgIpc) is 3.28. The summed E-state index contributed by atoms with van der Waals surface area (Å²) >= 11 is 0. The van der Waals surface area contributed by atoms with Gasteiger partial charge in [0.1, 0.15) is 30.5 Å². The average molecular weight is 473 g/mol. The first-order chi connectivity index (χ1) is 15.2. The number of aromatic nitrogens is 4. The third-order valence-corrected chi connectivity index (χ3v) is 6.26. The number of methoxy groups -OCH3 is 1. The normalized spacial score (nSPS) is 27.5. The molecule has 0 bridgehead atoms. The van der Waals surface area contributed by atoms with Gasteiger partial charge in [-0.25, -0.2) is 15.0 Å². The van der Waals surface area contributed by atoms with Crippen LogP contribution in [0.4, 0.5) is 5.82 Å². The molecule has 178 valence electrons. The second kappa shape index (κ2) is 9.27. The van der Waals surface area contributed by atoms with Crippen molar-refractivity contribution in [3.8, 4) is 0 Å². The summed E-state index contributed by atoms with van der Waals surface area (Å²) in [5.41, 5.74) is 1.01. The molecule has 0 unspecified atom stereocenters. The second-order valence-electron chi connectivity index (χ2n) is 8.05. The maximum Gasteiger partial charge on any atom is 0.350 e. The van der Waals surface area contributed by atoms with E-state index in [1.807, 2.05) is 0 Å². The lowest BCUT2D eigenvalue weighted by Crippen LogP contribution is -2.37. The highest BCUT2D eigenvalue weighted by atomic mass is 31.2. The molecule has 2 aliphatic rings. The van der Waals surface area contributed by atoms with E-state index in [-0.39, 0.29) is 12.7 Å². The quantitative estimate of drug-likeness (QED) is 0.381. The highest BCUT2D eigenvalue weighted by Crippen LogP contribution is 2.36. The molecule has 0 amide bonds. The van der Waals surface area contributed by atoms with Gasteiger partial charge in [0, 0.05) is 20.2 Å². The van der Waals surface area contributed by atoms with E-state index < -0.39 is 38.5 Å². The van der Waals surface area contributed by atoms with Crippen LogP contribution in [-0.2, 0) is 18.8 Å². The van der Waals surface area contributed by atoms with Crippen molar-refractivity contribution in [1.82, 2.24) is 19.5 Å². The maximum absolute atomic E-state index is 11.0. The van der Waals surface area contributed by atoms with Crippen LogP contribution in [0.15, 0.2) is 6.33 Å². The van der Waals surface area contributed by atoms with Crippen LogP contribution >= 0.6 is 7.60 Å². The lowest BCUT2D eigenvalue weighted by atomic mass is 10.1. The fraction of sp³-hybridized carbons (Fsp3) is 0.722. The van der Waals surface area contributed by atoms with Crippen molar-refractivity contribution in [3.63, 3.8) is 0 Å². The van der Waals surface area contributed by atoms with Gasteiger partial charge in [0.05, 0.1) is 19.0 Å². The number of rotatable bonds is 7. The molecule has 2 aromatic heterocycles. The van der Waals surface area contributed by atoms with E-state index in [0.717, 1.165) is 25.9 Å². The third kappa shape index (κ3) is 4.80. The second-order valence-corrected chi connectivity index (χ2v) is 9.64. The van der Waals surface area contributed by atoms with Crippen LogP contribution in [0.1, 0.15) is 24.9 Å². The molecule has 4 N–H and O–H groups in total. The molecule has 4 atom stereocenters. The number of hydrogen-bond donors (Lipinski definition) is 4. The number of anilines is 1. The number of nitrogens with zero attached hydrogens (tertiary/aromatic N) is 5. The molecule has 0 aliphatic carbocycles. The van der Waals surface area contributed by atoms with Crippen LogP contribution < -0.4 is 4.90 Å². The zero-order valence-corrected chi connectivity index (χ0v) is 18.7. The van der Waals surface area contributed by atoms with Gasteiger partial charge < -0.3 is 39.1 Å². The van der Waals surface area contributed by atoms with Crippen LogP contribution in [0.25, 0.3) is 11.2 Å². The minimum Gasteiger partial charge on any atom is -0.387 e. The summed E-state index contributed by atoms with van der Waals surface area (Å²) in [6, 6.07) is 0. The standard InChI is InChI=1S/C18H28N5O8P/c1-10-20-16(22-5-3-11(29-2)4-6-22)13-17(21-10)23(8-19-13)18-15(25)14(24)12(31-18)7-30-9-32(26,27)28/h8,11-12,14-15,18,24-25H,3-7,9H2,1-2H3,(H2,26,27,28)/t12-,14-,15-,18-/m1/s1. The van der Waals surface area contributed by atoms with Crippen molar-refractivity contribution in [1.29, 1.82) is 0 Å². The van der Waals surface area contributed by atoms with Crippen LogP contribution in [-0.4, -0.2) is 97.1 Å². The van der Waals surface area contributed by atoms with Gasteiger partial charge in [0.2, 0.25) is 0 Å². The number of hydrogen-bond acceptors (Lipinski definition) is 10. The van der Waals surface area contributed by atoms with Crippen molar-refractivity contribution in [2.24, 2.45) is 0 Å². The monoisotopic (exact) mass is 473 g/mol. The molecule has 0 aromatic carbocycles. The Bertz CT molecular complexity index is 991. The van der Waals surface area contributed by atoms with Gasteiger partial charge >= 0.3 is 7.60 Å². The van der Waals surface area contributed by atoms with Crippen LogP contribution in [0, 0.1) is 6.92 Å². The first-order valence-electron chi connectivity index (χ1n) is 10.3. The Balaban J connectivity index is 1.56. The van der Waals surface area contributed by atoms with Crippen molar-refractivity contribution in [2.45, 2.75) is 50.4 Å². The molecule has 0 spiro atoms. The number of piperidine rings is 1. The van der Waals surface area contributed by atoms with Crippen molar-refractivity contribution >= 4 is 24.6 Å². The van der Waals surface area contributed by atoms with Gasteiger partial charge in [-0.2, -0.15) is 0 Å². The smallest absolute Gasteiger partial charge is 0.350 e. The fourth-order valence-corrected chi connectivity index (χ4v) is 4.45.